The lowest BCUT2D eigenvalue weighted by atomic mass is 9.95. The minimum absolute atomic E-state index is 0.0133. The Balaban J connectivity index is 0.691. The lowest BCUT2D eigenvalue weighted by molar-refractivity contribution is -0.131. The smallest absolute Gasteiger partial charge is 0.255 e. The van der Waals surface area contributed by atoms with Crippen LogP contribution in [0, 0.1) is 23.0 Å². The van der Waals surface area contributed by atoms with Gasteiger partial charge in [0.05, 0.1) is 30.5 Å². The van der Waals surface area contributed by atoms with Gasteiger partial charge in [0.15, 0.2) is 0 Å². The number of ether oxygens (including phenoxy) is 2. The third-order valence-corrected chi connectivity index (χ3v) is 14.3. The average Bonchev–Trinajstić information content (AvgIpc) is 4.12. The Bertz CT molecular complexity index is 2830. The second-order valence-corrected chi connectivity index (χ2v) is 18.9. The third-order valence-electron chi connectivity index (χ3n) is 14.3. The fourth-order valence-electron chi connectivity index (χ4n) is 10.1. The van der Waals surface area contributed by atoms with Crippen molar-refractivity contribution < 1.29 is 42.2 Å². The van der Waals surface area contributed by atoms with Gasteiger partial charge in [-0.15, -0.1) is 0 Å². The van der Waals surface area contributed by atoms with Crippen LogP contribution in [0.25, 0.3) is 10.9 Å². The monoisotopic (exact) mass is 955 g/mol. The van der Waals surface area contributed by atoms with Gasteiger partial charge in [-0.25, -0.2) is 8.78 Å². The van der Waals surface area contributed by atoms with Crippen molar-refractivity contribution in [3.8, 4) is 17.2 Å². The van der Waals surface area contributed by atoms with Gasteiger partial charge in [-0.3, -0.25) is 33.9 Å². The molecule has 5 amide bonds. The van der Waals surface area contributed by atoms with E-state index in [1.165, 1.54) is 41.3 Å². The van der Waals surface area contributed by atoms with Crippen LogP contribution in [0.3, 0.4) is 0 Å². The van der Waals surface area contributed by atoms with Gasteiger partial charge in [0.2, 0.25) is 23.6 Å². The second kappa shape index (κ2) is 19.7. The van der Waals surface area contributed by atoms with Crippen LogP contribution in [-0.2, 0) is 25.7 Å². The lowest BCUT2D eigenvalue weighted by Gasteiger charge is -2.39. The molecule has 16 nitrogen and oxygen atoms in total. The Morgan fingerprint density at radius 2 is 1.49 bits per heavy atom. The van der Waals surface area contributed by atoms with E-state index >= 15 is 4.39 Å². The molecular formula is C52H55F2N9O7. The van der Waals surface area contributed by atoms with Crippen molar-refractivity contribution in [2.75, 3.05) is 86.9 Å². The number of carbonyl (C=O) groups is 5. The van der Waals surface area contributed by atoms with Crippen LogP contribution < -0.4 is 35.6 Å². The molecule has 1 aromatic heterocycles. The molecule has 4 fully saturated rings. The van der Waals surface area contributed by atoms with Crippen molar-refractivity contribution in [1.29, 1.82) is 0 Å². The van der Waals surface area contributed by atoms with E-state index in [4.69, 9.17) is 9.47 Å². The van der Waals surface area contributed by atoms with E-state index in [2.05, 4.69) is 41.0 Å². The number of carbonyl (C=O) groups excluding carboxylic acids is 5. The molecule has 3 saturated heterocycles. The number of halogens is 2. The maximum absolute atomic E-state index is 15.2. The van der Waals surface area contributed by atoms with Crippen LogP contribution in [0.1, 0.15) is 54.4 Å². The highest BCUT2D eigenvalue weighted by molar-refractivity contribution is 6.17. The van der Waals surface area contributed by atoms with E-state index in [0.717, 1.165) is 68.6 Å². The summed E-state index contributed by atoms with van der Waals surface area (Å²) in [5.74, 6) is -0.381. The van der Waals surface area contributed by atoms with Gasteiger partial charge in [0.1, 0.15) is 40.3 Å². The van der Waals surface area contributed by atoms with Gasteiger partial charge >= 0.3 is 0 Å². The maximum atomic E-state index is 15.2. The largest absolute Gasteiger partial charge is 0.495 e. The van der Waals surface area contributed by atoms with Gasteiger partial charge < -0.3 is 45.4 Å². The van der Waals surface area contributed by atoms with Crippen LogP contribution in [0.4, 0.5) is 31.5 Å². The minimum Gasteiger partial charge on any atom is -0.495 e. The quantitative estimate of drug-likeness (QED) is 0.0909. The van der Waals surface area contributed by atoms with Crippen LogP contribution in [-0.4, -0.2) is 121 Å². The zero-order valence-electron chi connectivity index (χ0n) is 38.9. The van der Waals surface area contributed by atoms with Gasteiger partial charge in [0, 0.05) is 93.0 Å². The van der Waals surface area contributed by atoms with E-state index in [9.17, 15) is 28.4 Å². The summed E-state index contributed by atoms with van der Waals surface area (Å²) < 4.78 is 40.8. The zero-order chi connectivity index (χ0) is 48.5. The van der Waals surface area contributed by atoms with Crippen molar-refractivity contribution in [3.05, 3.63) is 108 Å². The summed E-state index contributed by atoms with van der Waals surface area (Å²) >= 11 is 0. The maximum Gasteiger partial charge on any atom is 0.255 e. The summed E-state index contributed by atoms with van der Waals surface area (Å²) in [4.78, 5) is 78.3. The highest BCUT2D eigenvalue weighted by Crippen LogP contribution is 2.48. The highest BCUT2D eigenvalue weighted by atomic mass is 19.1. The SMILES string of the molecule is COc1cc2c(Oc3ccc(NC(=O)C4(C(=O)Nc5ccc(F)cc5)CC4)cc3)ccnc2cc1N1CCC(CN2CCN(CC(=O)Nc3c(F)ccc4c3CN([C@H]3CCCNC3=O)C4=O)CC2)CC1. The van der Waals surface area contributed by atoms with E-state index in [-0.39, 0.29) is 36.5 Å². The normalized spacial score (nSPS) is 19.3. The lowest BCUT2D eigenvalue weighted by Crippen LogP contribution is -2.50. The number of nitrogens with one attached hydrogen (secondary N) is 4. The molecule has 4 aromatic carbocycles. The number of aromatic nitrogens is 1. The van der Waals surface area contributed by atoms with E-state index in [1.807, 2.05) is 12.1 Å². The first-order chi connectivity index (χ1) is 33.9. The number of nitrogens with zero attached hydrogens (tertiary/aromatic N) is 5. The number of piperidine rings is 2. The van der Waals surface area contributed by atoms with Crippen molar-refractivity contribution in [3.63, 3.8) is 0 Å². The number of hydrogen-bond acceptors (Lipinski definition) is 11. The Kier molecular flexibility index (Phi) is 13.1. The summed E-state index contributed by atoms with van der Waals surface area (Å²) in [5, 5.41) is 11.9. The molecule has 5 aromatic rings. The molecule has 0 unspecified atom stereocenters. The van der Waals surface area contributed by atoms with Crippen LogP contribution >= 0.6 is 0 Å². The first-order valence-corrected chi connectivity index (χ1v) is 24.0. The number of pyridine rings is 1. The second-order valence-electron chi connectivity index (χ2n) is 18.9. The molecule has 0 spiro atoms. The number of benzene rings is 4. The van der Waals surface area contributed by atoms with Crippen molar-refractivity contribution in [1.82, 2.24) is 25.0 Å². The number of anilines is 4. The summed E-state index contributed by atoms with van der Waals surface area (Å²) in [7, 11) is 1.66. The predicted molar refractivity (Wildman–Crippen MR) is 259 cm³/mol. The summed E-state index contributed by atoms with van der Waals surface area (Å²) in [6.45, 7) is 6.43. The third kappa shape index (κ3) is 9.70. The standard InChI is InChI=1S/C52H55F2N9O7/c1-69-45-27-38-41(55-20-14-44(38)70-36-10-8-35(9-11-36)58-51(68)52(17-18-52)50(67)57-34-6-4-33(53)5-7-34)28-43(45)62-21-15-32(16-22-62)29-60-23-25-61(26-24-60)31-46(64)59-47-39-30-63(42-3-2-19-56-48(42)65)49(66)37(39)12-13-40(47)54/h4-14,20,27-28,32,42H,2-3,15-19,21-26,29-31H2,1H3,(H,56,65)(H,57,67)(H,58,68)(H,59,64)/t42-/m0/s1. The Labute approximate surface area is 403 Å². The average molecular weight is 956 g/mol. The number of hydrogen-bond donors (Lipinski definition) is 4. The number of piperazine rings is 1. The molecule has 1 aliphatic carbocycles. The highest BCUT2D eigenvalue weighted by Gasteiger charge is 2.56. The summed E-state index contributed by atoms with van der Waals surface area (Å²) in [5.41, 5.74) is 2.21. The fourth-order valence-corrected chi connectivity index (χ4v) is 10.1. The van der Waals surface area contributed by atoms with Crippen LogP contribution in [0.15, 0.2) is 85.1 Å². The molecule has 1 saturated carbocycles. The van der Waals surface area contributed by atoms with Crippen LogP contribution in [0.5, 0.6) is 17.2 Å². The molecule has 18 heteroatoms. The molecule has 364 valence electrons. The topological polar surface area (TPSA) is 178 Å². The summed E-state index contributed by atoms with van der Waals surface area (Å²) in [6, 6.07) is 20.2. The number of fused-ring (bicyclic) bond motifs is 2. The fraction of sp³-hybridized carbons (Fsp3) is 0.385. The predicted octanol–water partition coefficient (Wildman–Crippen LogP) is 6.38. The number of methoxy groups -OCH3 is 1. The van der Waals surface area contributed by atoms with E-state index < -0.39 is 34.9 Å². The van der Waals surface area contributed by atoms with E-state index in [1.54, 1.807) is 43.6 Å². The molecule has 70 heavy (non-hydrogen) atoms. The van der Waals surface area contributed by atoms with Gasteiger partial charge in [-0.1, -0.05) is 0 Å². The summed E-state index contributed by atoms with van der Waals surface area (Å²) in [6.07, 6.45) is 5.84. The minimum atomic E-state index is -1.18. The molecule has 4 N–H and O–H groups in total. The first kappa shape index (κ1) is 46.5. The molecular weight excluding hydrogens is 901 g/mol. The first-order valence-electron chi connectivity index (χ1n) is 24.0. The van der Waals surface area contributed by atoms with Crippen molar-refractivity contribution in [2.45, 2.75) is 51.1 Å². The van der Waals surface area contributed by atoms with Gasteiger partial charge in [0.25, 0.3) is 5.91 Å². The molecule has 0 bridgehead atoms. The zero-order valence-corrected chi connectivity index (χ0v) is 38.9. The van der Waals surface area contributed by atoms with Crippen molar-refractivity contribution in [2.24, 2.45) is 11.3 Å². The number of amides is 5. The Hall–Kier alpha value is -7.18. The molecule has 5 aliphatic rings. The molecule has 1 atom stereocenters. The molecule has 10 rings (SSSR count). The molecule has 4 aliphatic heterocycles. The van der Waals surface area contributed by atoms with Crippen LogP contribution in [0.2, 0.25) is 0 Å². The van der Waals surface area contributed by atoms with Gasteiger partial charge in [-0.05, 0) is 123 Å². The molecule has 0 radical (unpaired) electrons. The molecule has 5 heterocycles. The Morgan fingerprint density at radius 1 is 0.800 bits per heavy atom. The Morgan fingerprint density at radius 3 is 2.16 bits per heavy atom. The van der Waals surface area contributed by atoms with E-state index in [0.29, 0.717) is 84.6 Å². The number of rotatable bonds is 14. The van der Waals surface area contributed by atoms with Gasteiger partial charge in [-0.2, -0.15) is 0 Å². The van der Waals surface area contributed by atoms with Crippen molar-refractivity contribution >= 4 is 63.2 Å².